The molecule has 0 unspecified atom stereocenters. The van der Waals surface area contributed by atoms with Crippen LogP contribution in [0, 0.1) is 17.3 Å². The molecule has 0 atom stereocenters. The van der Waals surface area contributed by atoms with Gasteiger partial charge in [-0.15, -0.1) is 0 Å². The molecular weight excluding hydrogens is 292 g/mol. The Bertz CT molecular complexity index is 302. The van der Waals surface area contributed by atoms with Gasteiger partial charge in [0.25, 0.3) is 0 Å². The Morgan fingerprint density at radius 3 is 2.00 bits per heavy atom. The first-order valence-corrected chi connectivity index (χ1v) is 10.7. The van der Waals surface area contributed by atoms with Crippen LogP contribution in [0.1, 0.15) is 85.5 Å². The van der Waals surface area contributed by atoms with Gasteiger partial charge in [0, 0.05) is 13.1 Å². The third-order valence-corrected chi connectivity index (χ3v) is 6.48. The van der Waals surface area contributed by atoms with Crippen LogP contribution in [0.2, 0.25) is 0 Å². The second-order valence-corrected chi connectivity index (χ2v) is 8.00. The summed E-state index contributed by atoms with van der Waals surface area (Å²) in [6.07, 6.45) is 14.9. The Labute approximate surface area is 152 Å². The fourth-order valence-corrected chi connectivity index (χ4v) is 4.38. The molecule has 2 saturated heterocycles. The van der Waals surface area contributed by atoms with E-state index in [1.807, 2.05) is 20.0 Å². The van der Waals surface area contributed by atoms with Crippen LogP contribution < -0.4 is 5.32 Å². The van der Waals surface area contributed by atoms with Crippen molar-refractivity contribution in [3.05, 3.63) is 12.8 Å². The summed E-state index contributed by atoms with van der Waals surface area (Å²) in [5.74, 6) is 1.99. The maximum absolute atomic E-state index is 3.76. The summed E-state index contributed by atoms with van der Waals surface area (Å²) < 4.78 is 0. The number of likely N-dealkylation sites (tertiary alicyclic amines) is 1. The van der Waals surface area contributed by atoms with Gasteiger partial charge in [-0.1, -0.05) is 53.5 Å². The molecule has 0 aromatic heterocycles. The largest absolute Gasteiger partial charge is 0.378 e. The third-order valence-electron chi connectivity index (χ3n) is 6.48. The zero-order valence-electron chi connectivity index (χ0n) is 17.1. The second kappa shape index (κ2) is 12.0. The third kappa shape index (κ3) is 7.17. The average molecular weight is 337 g/mol. The van der Waals surface area contributed by atoms with Crippen LogP contribution in [0.25, 0.3) is 0 Å². The van der Waals surface area contributed by atoms with Crippen molar-refractivity contribution in [2.75, 3.05) is 26.2 Å². The van der Waals surface area contributed by atoms with E-state index in [-0.39, 0.29) is 0 Å². The first kappa shape index (κ1) is 21.5. The molecule has 0 bridgehead atoms. The zero-order chi connectivity index (χ0) is 17.8. The lowest BCUT2D eigenvalue weighted by Gasteiger charge is -2.42. The van der Waals surface area contributed by atoms with Crippen LogP contribution >= 0.6 is 0 Å². The predicted molar refractivity (Wildman–Crippen MR) is 108 cm³/mol. The molecular formula is C22H44N2. The van der Waals surface area contributed by atoms with E-state index in [9.17, 15) is 0 Å². The smallest absolute Gasteiger partial charge is 0.0174 e. The van der Waals surface area contributed by atoms with Crippen molar-refractivity contribution in [1.82, 2.24) is 10.2 Å². The number of nitrogens with zero attached hydrogens (tertiary/aromatic N) is 1. The molecule has 142 valence electrons. The lowest BCUT2D eigenvalue weighted by Crippen LogP contribution is -2.38. The van der Waals surface area contributed by atoms with Gasteiger partial charge < -0.3 is 10.2 Å². The van der Waals surface area contributed by atoms with Gasteiger partial charge in [0.1, 0.15) is 0 Å². The monoisotopic (exact) mass is 336 g/mol. The van der Waals surface area contributed by atoms with E-state index in [1.165, 1.54) is 84.0 Å². The van der Waals surface area contributed by atoms with E-state index in [1.54, 1.807) is 0 Å². The second-order valence-electron chi connectivity index (χ2n) is 8.00. The number of nitrogens with one attached hydrogen (secondary N) is 1. The highest BCUT2D eigenvalue weighted by atomic mass is 15.1. The van der Waals surface area contributed by atoms with E-state index < -0.39 is 0 Å². The van der Waals surface area contributed by atoms with E-state index in [0.29, 0.717) is 0 Å². The molecule has 2 nitrogen and oxygen atoms in total. The summed E-state index contributed by atoms with van der Waals surface area (Å²) in [5.41, 5.74) is 0.776. The summed E-state index contributed by atoms with van der Waals surface area (Å²) >= 11 is 0. The van der Waals surface area contributed by atoms with Crippen LogP contribution in [0.4, 0.5) is 0 Å². The lowest BCUT2D eigenvalue weighted by atomic mass is 9.66. The van der Waals surface area contributed by atoms with Crippen LogP contribution in [0.15, 0.2) is 12.8 Å². The number of hydrogen-bond donors (Lipinski definition) is 1. The van der Waals surface area contributed by atoms with Gasteiger partial charge in [0.15, 0.2) is 0 Å². The summed E-state index contributed by atoms with van der Waals surface area (Å²) in [6.45, 7) is 17.5. The molecule has 1 aliphatic carbocycles. The molecule has 2 heteroatoms. The summed E-state index contributed by atoms with van der Waals surface area (Å²) in [7, 11) is 0. The molecule has 0 aromatic carbocycles. The SMILES string of the molecule is C=CN1CCC(CC)CC1.CC.CC1CCC2(CCNCC2)CC1. The zero-order valence-corrected chi connectivity index (χ0v) is 17.1. The van der Waals surface area contributed by atoms with Crippen LogP contribution in [-0.2, 0) is 0 Å². The van der Waals surface area contributed by atoms with E-state index in [4.69, 9.17) is 0 Å². The maximum Gasteiger partial charge on any atom is 0.0174 e. The van der Waals surface area contributed by atoms with Crippen molar-refractivity contribution < 1.29 is 0 Å². The van der Waals surface area contributed by atoms with Gasteiger partial charge in [-0.25, -0.2) is 0 Å². The van der Waals surface area contributed by atoms with Crippen molar-refractivity contribution >= 4 is 0 Å². The van der Waals surface area contributed by atoms with Crippen LogP contribution in [0.3, 0.4) is 0 Å². The van der Waals surface area contributed by atoms with Gasteiger partial charge in [0.05, 0.1) is 0 Å². The standard InChI is InChI=1S/C11H21N.C9H17N.C2H6/c1-10-2-4-11(5-3-10)6-8-12-9-7-11;1-3-9-5-7-10(4-2)8-6-9;1-2/h10,12H,2-9H2,1H3;4,9H,2-3,5-8H2,1H3;1-2H3. The average Bonchev–Trinajstić information content (AvgIpc) is 2.67. The minimum absolute atomic E-state index is 0.776. The fraction of sp³-hybridized carbons (Fsp3) is 0.909. The molecule has 1 saturated carbocycles. The summed E-state index contributed by atoms with van der Waals surface area (Å²) in [5, 5.41) is 3.47. The predicted octanol–water partition coefficient (Wildman–Crippen LogP) is 5.84. The van der Waals surface area contributed by atoms with Crippen LogP contribution in [-0.4, -0.2) is 31.1 Å². The van der Waals surface area contributed by atoms with Gasteiger partial charge in [-0.3, -0.25) is 0 Å². The highest BCUT2D eigenvalue weighted by Gasteiger charge is 2.34. The molecule has 0 radical (unpaired) electrons. The summed E-state index contributed by atoms with van der Waals surface area (Å²) in [4.78, 5) is 2.31. The minimum Gasteiger partial charge on any atom is -0.378 e. The number of hydrogen-bond acceptors (Lipinski definition) is 2. The molecule has 2 aliphatic heterocycles. The van der Waals surface area contributed by atoms with Crippen molar-refractivity contribution in [2.24, 2.45) is 17.3 Å². The molecule has 2 heterocycles. The highest BCUT2D eigenvalue weighted by Crippen LogP contribution is 2.44. The van der Waals surface area contributed by atoms with Gasteiger partial charge in [0.2, 0.25) is 0 Å². The number of rotatable bonds is 2. The maximum atomic E-state index is 3.76. The van der Waals surface area contributed by atoms with E-state index in [0.717, 1.165) is 17.3 Å². The van der Waals surface area contributed by atoms with E-state index >= 15 is 0 Å². The molecule has 1 N–H and O–H groups in total. The lowest BCUT2D eigenvalue weighted by molar-refractivity contribution is 0.110. The van der Waals surface area contributed by atoms with Crippen molar-refractivity contribution in [2.45, 2.75) is 85.5 Å². The van der Waals surface area contributed by atoms with Crippen molar-refractivity contribution in [3.63, 3.8) is 0 Å². The molecule has 1 spiro atoms. The highest BCUT2D eigenvalue weighted by molar-refractivity contribution is 4.88. The van der Waals surface area contributed by atoms with Gasteiger partial charge >= 0.3 is 0 Å². The quantitative estimate of drug-likeness (QED) is 0.681. The molecule has 0 aromatic rings. The van der Waals surface area contributed by atoms with Crippen LogP contribution in [0.5, 0.6) is 0 Å². The van der Waals surface area contributed by atoms with Gasteiger partial charge in [-0.2, -0.15) is 0 Å². The van der Waals surface area contributed by atoms with Crippen molar-refractivity contribution in [3.8, 4) is 0 Å². The molecule has 3 aliphatic rings. The molecule has 3 rings (SSSR count). The van der Waals surface area contributed by atoms with E-state index in [2.05, 4.69) is 30.6 Å². The molecule has 24 heavy (non-hydrogen) atoms. The fourth-order valence-electron chi connectivity index (χ4n) is 4.38. The Balaban J connectivity index is 0.000000221. The Kier molecular flexibility index (Phi) is 10.7. The normalized spacial score (nSPS) is 24.4. The summed E-state index contributed by atoms with van der Waals surface area (Å²) in [6, 6.07) is 0. The Morgan fingerprint density at radius 2 is 1.54 bits per heavy atom. The first-order valence-electron chi connectivity index (χ1n) is 10.7. The Hall–Kier alpha value is -0.500. The van der Waals surface area contributed by atoms with Gasteiger partial charge in [-0.05, 0) is 75.1 Å². The van der Waals surface area contributed by atoms with Crippen molar-refractivity contribution in [1.29, 1.82) is 0 Å². The molecule has 3 fully saturated rings. The first-order chi connectivity index (χ1) is 11.7. The Morgan fingerprint density at radius 1 is 1.00 bits per heavy atom. The number of piperidine rings is 2. The topological polar surface area (TPSA) is 15.3 Å². The molecule has 0 amide bonds. The minimum atomic E-state index is 0.776.